The van der Waals surface area contributed by atoms with E-state index in [1.165, 1.54) is 6.20 Å². The number of amides is 1. The molecule has 6 N–H and O–H groups in total. The van der Waals surface area contributed by atoms with Crippen LogP contribution in [-0.2, 0) is 0 Å². The van der Waals surface area contributed by atoms with Crippen LogP contribution in [0.1, 0.15) is 48.9 Å². The number of ether oxygens (including phenoxy) is 1. The van der Waals surface area contributed by atoms with E-state index in [2.05, 4.69) is 20.9 Å². The number of carbonyl (C=O) groups excluding carboxylic acids is 1. The number of rotatable bonds is 5. The number of carbonyl (C=O) groups is 1. The summed E-state index contributed by atoms with van der Waals surface area (Å²) in [6, 6.07) is 5.84. The van der Waals surface area contributed by atoms with Gasteiger partial charge in [-0.2, -0.15) is 4.98 Å². The predicted molar refractivity (Wildman–Crippen MR) is 127 cm³/mol. The van der Waals surface area contributed by atoms with Gasteiger partial charge >= 0.3 is 0 Å². The Morgan fingerprint density at radius 3 is 3.09 bits per heavy atom. The van der Waals surface area contributed by atoms with Gasteiger partial charge in [0, 0.05) is 24.0 Å². The molecule has 4 aliphatic carbocycles. The molecule has 5 aliphatic rings. The number of fused-ring (bicyclic) bond motifs is 3. The Kier molecular flexibility index (Phi) is 4.17. The molecule has 2 heterocycles. The third-order valence-electron chi connectivity index (χ3n) is 9.15. The van der Waals surface area contributed by atoms with Crippen LogP contribution in [0.4, 0.5) is 23.1 Å². The summed E-state index contributed by atoms with van der Waals surface area (Å²) in [4.78, 5) is 21.3. The lowest BCUT2D eigenvalue weighted by Gasteiger charge is -2.49. The Bertz CT molecular complexity index is 1190. The van der Waals surface area contributed by atoms with Crippen molar-refractivity contribution in [2.75, 3.05) is 29.1 Å². The van der Waals surface area contributed by atoms with Crippen LogP contribution < -0.4 is 26.4 Å². The highest BCUT2D eigenvalue weighted by molar-refractivity contribution is 5.97. The molecule has 1 spiro atoms. The maximum Gasteiger partial charge on any atom is 0.254 e. The van der Waals surface area contributed by atoms with Crippen LogP contribution in [0, 0.1) is 23.2 Å². The summed E-state index contributed by atoms with van der Waals surface area (Å²) in [7, 11) is 0. The van der Waals surface area contributed by atoms with Gasteiger partial charge in [0.05, 0.1) is 24.0 Å². The first-order chi connectivity index (χ1) is 16.4. The van der Waals surface area contributed by atoms with E-state index in [0.29, 0.717) is 41.7 Å². The standard InChI is InChI=1S/C25H30N6O3/c26-21(33)16-11-28-23(29-15-2-3-19-18(7-15)27-4-1-5-34-19)30-22(16)31-24-8-13-9-25(12-24)14(10-24)6-17(25)20(13)32/h2-3,7,11,13-14,17,20,27,32H,1,4-6,8-10,12H2,(H2,26,33)(H2,28,29,30,31). The summed E-state index contributed by atoms with van der Waals surface area (Å²) < 4.78 is 5.77. The second-order valence-electron chi connectivity index (χ2n) is 11.0. The van der Waals surface area contributed by atoms with Gasteiger partial charge in [0.25, 0.3) is 5.91 Å². The maximum absolute atomic E-state index is 12.2. The zero-order chi connectivity index (χ0) is 23.1. The molecule has 9 nitrogen and oxygen atoms in total. The van der Waals surface area contributed by atoms with Crippen molar-refractivity contribution in [3.63, 3.8) is 0 Å². The molecule has 4 fully saturated rings. The van der Waals surface area contributed by atoms with Crippen LogP contribution >= 0.6 is 0 Å². The zero-order valence-corrected chi connectivity index (χ0v) is 19.0. The van der Waals surface area contributed by atoms with Crippen molar-refractivity contribution in [3.8, 4) is 5.75 Å². The largest absolute Gasteiger partial charge is 0.491 e. The minimum atomic E-state index is -0.548. The smallest absolute Gasteiger partial charge is 0.254 e. The Labute approximate surface area is 197 Å². The number of aliphatic hydroxyl groups is 1. The predicted octanol–water partition coefficient (Wildman–Crippen LogP) is 2.87. The second-order valence-corrected chi connectivity index (χ2v) is 11.0. The summed E-state index contributed by atoms with van der Waals surface area (Å²) in [5, 5.41) is 21.1. The molecule has 1 aromatic heterocycles. The highest BCUT2D eigenvalue weighted by atomic mass is 16.5. The molecular formula is C25H30N6O3. The van der Waals surface area contributed by atoms with Gasteiger partial charge in [0.15, 0.2) is 0 Å². The number of nitrogens with zero attached hydrogens (tertiary/aromatic N) is 2. The molecule has 4 saturated carbocycles. The SMILES string of the molecule is NC(=O)c1cnc(Nc2ccc3c(c2)NCCCO3)nc1NC12CC3CC4(C1)C(CC4C3O)C2. The zero-order valence-electron chi connectivity index (χ0n) is 19.0. The maximum atomic E-state index is 12.2. The van der Waals surface area contributed by atoms with E-state index in [9.17, 15) is 9.90 Å². The first-order valence-corrected chi connectivity index (χ1v) is 12.4. The number of nitrogens with two attached hydrogens (primary N) is 1. The summed E-state index contributed by atoms with van der Waals surface area (Å²) in [6.07, 6.45) is 7.52. The van der Waals surface area contributed by atoms with Crippen molar-refractivity contribution < 1.29 is 14.6 Å². The lowest BCUT2D eigenvalue weighted by Crippen LogP contribution is -2.45. The highest BCUT2D eigenvalue weighted by Crippen LogP contribution is 2.76. The molecule has 6 unspecified atom stereocenters. The van der Waals surface area contributed by atoms with Crippen LogP contribution in [-0.4, -0.2) is 45.8 Å². The fourth-order valence-corrected chi connectivity index (χ4v) is 7.90. The Morgan fingerprint density at radius 2 is 2.21 bits per heavy atom. The third-order valence-corrected chi connectivity index (χ3v) is 9.15. The van der Waals surface area contributed by atoms with E-state index < -0.39 is 5.91 Å². The first kappa shape index (κ1) is 20.3. The molecule has 1 aromatic carbocycles. The van der Waals surface area contributed by atoms with Crippen LogP contribution in [0.2, 0.25) is 0 Å². The van der Waals surface area contributed by atoms with Gasteiger partial charge in [-0.1, -0.05) is 0 Å². The van der Waals surface area contributed by atoms with Gasteiger partial charge in [-0.3, -0.25) is 4.79 Å². The number of aromatic nitrogens is 2. The van der Waals surface area contributed by atoms with Crippen molar-refractivity contribution in [2.45, 2.75) is 50.2 Å². The number of hydrogen-bond donors (Lipinski definition) is 5. The number of primary amides is 1. The molecule has 2 aromatic rings. The highest BCUT2D eigenvalue weighted by Gasteiger charge is 2.74. The van der Waals surface area contributed by atoms with Crippen molar-refractivity contribution in [1.82, 2.24) is 9.97 Å². The van der Waals surface area contributed by atoms with Crippen molar-refractivity contribution in [1.29, 1.82) is 0 Å². The van der Waals surface area contributed by atoms with Gasteiger partial charge in [0.2, 0.25) is 5.95 Å². The Hall–Kier alpha value is -3.07. The molecular weight excluding hydrogens is 432 g/mol. The Balaban J connectivity index is 1.18. The average molecular weight is 463 g/mol. The normalized spacial score (nSPS) is 36.4. The van der Waals surface area contributed by atoms with Crippen molar-refractivity contribution >= 4 is 29.0 Å². The van der Waals surface area contributed by atoms with Gasteiger partial charge in [-0.25, -0.2) is 4.98 Å². The summed E-state index contributed by atoms with van der Waals surface area (Å²) in [6.45, 7) is 1.55. The monoisotopic (exact) mass is 462 g/mol. The van der Waals surface area contributed by atoms with Crippen molar-refractivity contribution in [3.05, 3.63) is 30.0 Å². The fraction of sp³-hybridized carbons (Fsp3) is 0.560. The van der Waals surface area contributed by atoms with Crippen LogP contribution in [0.3, 0.4) is 0 Å². The first-order valence-electron chi connectivity index (χ1n) is 12.4. The molecule has 7 rings (SSSR count). The number of nitrogens with one attached hydrogen (secondary N) is 3. The quantitative estimate of drug-likeness (QED) is 0.458. The number of benzene rings is 1. The molecule has 178 valence electrons. The summed E-state index contributed by atoms with van der Waals surface area (Å²) >= 11 is 0. The molecule has 0 saturated heterocycles. The number of hydrogen-bond acceptors (Lipinski definition) is 8. The lowest BCUT2D eigenvalue weighted by molar-refractivity contribution is -0.0497. The molecule has 1 aliphatic heterocycles. The molecule has 1 amide bonds. The summed E-state index contributed by atoms with van der Waals surface area (Å²) in [5.41, 5.74) is 7.86. The van der Waals surface area contributed by atoms with Crippen LogP contribution in [0.5, 0.6) is 5.75 Å². The molecule has 34 heavy (non-hydrogen) atoms. The van der Waals surface area contributed by atoms with Crippen LogP contribution in [0.25, 0.3) is 0 Å². The minimum absolute atomic E-state index is 0.152. The molecule has 0 radical (unpaired) electrons. The number of aliphatic hydroxyl groups excluding tert-OH is 1. The van der Waals surface area contributed by atoms with Crippen LogP contribution in [0.15, 0.2) is 24.4 Å². The van der Waals surface area contributed by atoms with E-state index in [0.717, 1.165) is 62.2 Å². The average Bonchev–Trinajstić information content (AvgIpc) is 2.99. The Morgan fingerprint density at radius 1 is 1.29 bits per heavy atom. The molecule has 6 atom stereocenters. The van der Waals surface area contributed by atoms with E-state index in [1.54, 1.807) is 0 Å². The second kappa shape index (κ2) is 6.97. The van der Waals surface area contributed by atoms with Gasteiger partial charge < -0.3 is 31.5 Å². The lowest BCUT2D eigenvalue weighted by atomic mass is 9.55. The van der Waals surface area contributed by atoms with Gasteiger partial charge in [-0.05, 0) is 79.9 Å². The topological polar surface area (TPSA) is 134 Å². The van der Waals surface area contributed by atoms with Gasteiger partial charge in [-0.15, -0.1) is 0 Å². The molecule has 3 bridgehead atoms. The van der Waals surface area contributed by atoms with Crippen molar-refractivity contribution in [2.24, 2.45) is 28.9 Å². The van der Waals surface area contributed by atoms with E-state index in [-0.39, 0.29) is 17.1 Å². The van der Waals surface area contributed by atoms with E-state index in [1.807, 2.05) is 18.2 Å². The third kappa shape index (κ3) is 2.85. The minimum Gasteiger partial charge on any atom is -0.491 e. The molecule has 9 heteroatoms. The number of anilines is 4. The fourth-order valence-electron chi connectivity index (χ4n) is 7.90. The van der Waals surface area contributed by atoms with Gasteiger partial charge in [0.1, 0.15) is 11.6 Å². The summed E-state index contributed by atoms with van der Waals surface area (Å²) in [5.74, 6) is 2.57. The van der Waals surface area contributed by atoms with E-state index >= 15 is 0 Å². The van der Waals surface area contributed by atoms with E-state index in [4.69, 9.17) is 15.5 Å².